The van der Waals surface area contributed by atoms with E-state index in [2.05, 4.69) is 10.4 Å². The highest BCUT2D eigenvalue weighted by atomic mass is 19.1. The van der Waals surface area contributed by atoms with Gasteiger partial charge in [0.1, 0.15) is 11.9 Å². The molecule has 0 fully saturated rings. The van der Waals surface area contributed by atoms with Gasteiger partial charge in [0.25, 0.3) is 0 Å². The summed E-state index contributed by atoms with van der Waals surface area (Å²) < 4.78 is 14.5. The smallest absolute Gasteiger partial charge is 0.244 e. The standard InChI is InChI=1S/C15H19FN4O/c1-17-14(12-8-18-20(3)10-12)15(21)19(2)9-11-4-6-13(16)7-5-11/h4-8,10,14,17H,9H2,1-3H3. The summed E-state index contributed by atoms with van der Waals surface area (Å²) in [6.45, 7) is 0.428. The highest BCUT2D eigenvalue weighted by Crippen LogP contribution is 2.15. The van der Waals surface area contributed by atoms with E-state index in [1.165, 1.54) is 12.1 Å². The quantitative estimate of drug-likeness (QED) is 0.907. The highest BCUT2D eigenvalue weighted by Gasteiger charge is 2.23. The van der Waals surface area contributed by atoms with Gasteiger partial charge >= 0.3 is 0 Å². The van der Waals surface area contributed by atoms with E-state index in [4.69, 9.17) is 0 Å². The molecule has 0 radical (unpaired) electrons. The average molecular weight is 290 g/mol. The lowest BCUT2D eigenvalue weighted by atomic mass is 10.1. The van der Waals surface area contributed by atoms with Crippen molar-refractivity contribution in [3.8, 4) is 0 Å². The lowest BCUT2D eigenvalue weighted by Crippen LogP contribution is -2.37. The number of hydrogen-bond donors (Lipinski definition) is 1. The van der Waals surface area contributed by atoms with E-state index in [1.807, 2.05) is 13.2 Å². The molecule has 0 saturated heterocycles. The van der Waals surface area contributed by atoms with Crippen LogP contribution >= 0.6 is 0 Å². The third-order valence-electron chi connectivity index (χ3n) is 3.30. The molecule has 1 N–H and O–H groups in total. The van der Waals surface area contributed by atoms with Crippen LogP contribution in [-0.4, -0.2) is 34.7 Å². The number of halogens is 1. The van der Waals surface area contributed by atoms with E-state index >= 15 is 0 Å². The molecule has 0 saturated carbocycles. The van der Waals surface area contributed by atoms with Crippen LogP contribution in [0, 0.1) is 5.82 Å². The minimum absolute atomic E-state index is 0.0603. The summed E-state index contributed by atoms with van der Waals surface area (Å²) in [6, 6.07) is 5.70. The number of carbonyl (C=O) groups is 1. The van der Waals surface area contributed by atoms with Crippen molar-refractivity contribution in [1.29, 1.82) is 0 Å². The minimum Gasteiger partial charge on any atom is -0.340 e. The molecule has 21 heavy (non-hydrogen) atoms. The zero-order valence-corrected chi connectivity index (χ0v) is 12.4. The maximum Gasteiger partial charge on any atom is 0.244 e. The van der Waals surface area contributed by atoms with Gasteiger partial charge in [-0.2, -0.15) is 5.10 Å². The van der Waals surface area contributed by atoms with Crippen LogP contribution in [0.4, 0.5) is 4.39 Å². The second-order valence-electron chi connectivity index (χ2n) is 4.99. The van der Waals surface area contributed by atoms with Crippen LogP contribution in [0.15, 0.2) is 36.7 Å². The molecular weight excluding hydrogens is 271 g/mol. The maximum absolute atomic E-state index is 12.9. The molecule has 0 bridgehead atoms. The third kappa shape index (κ3) is 3.66. The lowest BCUT2D eigenvalue weighted by Gasteiger charge is -2.23. The number of carbonyl (C=O) groups excluding carboxylic acids is 1. The van der Waals surface area contributed by atoms with E-state index < -0.39 is 6.04 Å². The van der Waals surface area contributed by atoms with Gasteiger partial charge in [0, 0.05) is 32.4 Å². The second-order valence-corrected chi connectivity index (χ2v) is 4.99. The van der Waals surface area contributed by atoms with Crippen molar-refractivity contribution in [3.05, 3.63) is 53.6 Å². The van der Waals surface area contributed by atoms with Crippen LogP contribution in [0.1, 0.15) is 17.2 Å². The molecule has 0 aliphatic rings. The van der Waals surface area contributed by atoms with Gasteiger partial charge in [-0.15, -0.1) is 0 Å². The Morgan fingerprint density at radius 3 is 2.62 bits per heavy atom. The van der Waals surface area contributed by atoms with E-state index in [-0.39, 0.29) is 11.7 Å². The van der Waals surface area contributed by atoms with Gasteiger partial charge < -0.3 is 10.2 Å². The molecule has 6 heteroatoms. The van der Waals surface area contributed by atoms with Gasteiger partial charge in [-0.05, 0) is 24.7 Å². The Bertz CT molecular complexity index is 608. The molecule has 112 valence electrons. The minimum atomic E-state index is -0.441. The number of amides is 1. The van der Waals surface area contributed by atoms with Crippen molar-refractivity contribution in [2.45, 2.75) is 12.6 Å². The predicted molar refractivity (Wildman–Crippen MR) is 77.9 cm³/mol. The van der Waals surface area contributed by atoms with E-state index in [1.54, 1.807) is 42.0 Å². The van der Waals surface area contributed by atoms with Crippen molar-refractivity contribution in [1.82, 2.24) is 20.0 Å². The summed E-state index contributed by atoms with van der Waals surface area (Å²) in [6.07, 6.45) is 3.48. The van der Waals surface area contributed by atoms with Gasteiger partial charge in [-0.25, -0.2) is 4.39 Å². The molecule has 1 heterocycles. The molecular formula is C15H19FN4O. The molecule has 0 aliphatic heterocycles. The Morgan fingerprint density at radius 1 is 1.43 bits per heavy atom. The van der Waals surface area contributed by atoms with Crippen LogP contribution < -0.4 is 5.32 Å². The Kier molecular flexibility index (Phi) is 4.70. The first-order valence-electron chi connectivity index (χ1n) is 6.66. The van der Waals surface area contributed by atoms with Gasteiger partial charge in [-0.1, -0.05) is 12.1 Å². The summed E-state index contributed by atoms with van der Waals surface area (Å²) in [5.41, 5.74) is 1.70. The molecule has 2 rings (SSSR count). The summed E-state index contributed by atoms with van der Waals surface area (Å²) in [5, 5.41) is 7.09. The number of rotatable bonds is 5. The normalized spacial score (nSPS) is 12.2. The monoisotopic (exact) mass is 290 g/mol. The molecule has 1 amide bonds. The molecule has 2 aromatic rings. The van der Waals surface area contributed by atoms with Gasteiger partial charge in [0.05, 0.1) is 6.20 Å². The summed E-state index contributed by atoms with van der Waals surface area (Å²) in [7, 11) is 5.27. The second kappa shape index (κ2) is 6.49. The van der Waals surface area contributed by atoms with Crippen molar-refractivity contribution in [2.75, 3.05) is 14.1 Å². The van der Waals surface area contributed by atoms with E-state index in [0.29, 0.717) is 6.54 Å². The lowest BCUT2D eigenvalue weighted by molar-refractivity contribution is -0.132. The van der Waals surface area contributed by atoms with E-state index in [0.717, 1.165) is 11.1 Å². The largest absolute Gasteiger partial charge is 0.340 e. The Hall–Kier alpha value is -2.21. The van der Waals surface area contributed by atoms with Crippen LogP contribution in [0.5, 0.6) is 0 Å². The number of hydrogen-bond acceptors (Lipinski definition) is 3. The first-order chi connectivity index (χ1) is 10.0. The first-order valence-corrected chi connectivity index (χ1v) is 6.66. The molecule has 0 spiro atoms. The Morgan fingerprint density at radius 2 is 2.10 bits per heavy atom. The van der Waals surface area contributed by atoms with Crippen LogP contribution in [0.3, 0.4) is 0 Å². The summed E-state index contributed by atoms with van der Waals surface area (Å²) in [4.78, 5) is 14.1. The van der Waals surface area contributed by atoms with Gasteiger partial charge in [0.2, 0.25) is 5.91 Å². The molecule has 0 aliphatic carbocycles. The fourth-order valence-corrected chi connectivity index (χ4v) is 2.18. The number of aromatic nitrogens is 2. The number of likely N-dealkylation sites (N-methyl/N-ethyl adjacent to an activating group) is 2. The van der Waals surface area contributed by atoms with Crippen molar-refractivity contribution >= 4 is 5.91 Å². The average Bonchev–Trinajstić information content (AvgIpc) is 2.88. The molecule has 1 unspecified atom stereocenters. The van der Waals surface area contributed by atoms with Crippen molar-refractivity contribution in [2.24, 2.45) is 7.05 Å². The SMILES string of the molecule is CNC(C(=O)N(C)Cc1ccc(F)cc1)c1cnn(C)c1. The fourth-order valence-electron chi connectivity index (χ4n) is 2.18. The molecule has 1 aromatic carbocycles. The molecule has 1 aromatic heterocycles. The zero-order valence-electron chi connectivity index (χ0n) is 12.4. The maximum atomic E-state index is 12.9. The Labute approximate surface area is 123 Å². The summed E-state index contributed by atoms with van der Waals surface area (Å²) in [5.74, 6) is -0.342. The summed E-state index contributed by atoms with van der Waals surface area (Å²) >= 11 is 0. The Balaban J connectivity index is 2.08. The number of nitrogens with zero attached hydrogens (tertiary/aromatic N) is 3. The fraction of sp³-hybridized carbons (Fsp3) is 0.333. The predicted octanol–water partition coefficient (Wildman–Crippen LogP) is 1.48. The number of benzene rings is 1. The highest BCUT2D eigenvalue weighted by molar-refractivity contribution is 5.82. The molecule has 1 atom stereocenters. The van der Waals surface area contributed by atoms with Crippen LogP contribution in [-0.2, 0) is 18.4 Å². The van der Waals surface area contributed by atoms with Crippen LogP contribution in [0.2, 0.25) is 0 Å². The molecule has 5 nitrogen and oxygen atoms in total. The van der Waals surface area contributed by atoms with Crippen molar-refractivity contribution in [3.63, 3.8) is 0 Å². The van der Waals surface area contributed by atoms with Crippen molar-refractivity contribution < 1.29 is 9.18 Å². The van der Waals surface area contributed by atoms with E-state index in [9.17, 15) is 9.18 Å². The first kappa shape index (κ1) is 15.2. The van der Waals surface area contributed by atoms with Gasteiger partial charge in [-0.3, -0.25) is 9.48 Å². The van der Waals surface area contributed by atoms with Crippen LogP contribution in [0.25, 0.3) is 0 Å². The number of aryl methyl sites for hydroxylation is 1. The third-order valence-corrected chi connectivity index (χ3v) is 3.30. The topological polar surface area (TPSA) is 50.2 Å². The number of nitrogens with one attached hydrogen (secondary N) is 1. The zero-order chi connectivity index (χ0) is 15.4. The van der Waals surface area contributed by atoms with Gasteiger partial charge in [0.15, 0.2) is 0 Å².